The van der Waals surface area contributed by atoms with Crippen LogP contribution in [-0.2, 0) is 14.3 Å². The third kappa shape index (κ3) is 2.94. The zero-order valence-electron chi connectivity index (χ0n) is 12.4. The number of aliphatic hydroxyl groups excluding tert-OH is 1. The van der Waals surface area contributed by atoms with Crippen molar-refractivity contribution in [3.8, 4) is 5.75 Å². The summed E-state index contributed by atoms with van der Waals surface area (Å²) in [6.45, 7) is 0.112. The molecule has 1 aromatic carbocycles. The average molecular weight is 318 g/mol. The summed E-state index contributed by atoms with van der Waals surface area (Å²) in [4.78, 5) is 23.1. The molecule has 2 aliphatic rings. The predicted octanol–water partition coefficient (Wildman–Crippen LogP) is 1.62. The minimum Gasteiger partial charge on any atom is -0.507 e. The van der Waals surface area contributed by atoms with Gasteiger partial charge in [-0.15, -0.1) is 0 Å². The fraction of sp³-hybridized carbons (Fsp3) is 0.412. The topological polar surface area (TPSA) is 93.1 Å². The van der Waals surface area contributed by atoms with E-state index in [0.717, 1.165) is 19.1 Å². The number of benzene rings is 1. The first-order valence-corrected chi connectivity index (χ1v) is 7.55. The Morgan fingerprint density at radius 2 is 2.13 bits per heavy atom. The first-order chi connectivity index (χ1) is 11.1. The Morgan fingerprint density at radius 1 is 1.35 bits per heavy atom. The van der Waals surface area contributed by atoms with Gasteiger partial charge in [-0.3, -0.25) is 4.79 Å². The summed E-state index contributed by atoms with van der Waals surface area (Å²) in [5.74, 6) is -1.16. The van der Waals surface area contributed by atoms with Gasteiger partial charge in [0.25, 0.3) is 0 Å². The molecule has 4 atom stereocenters. The van der Waals surface area contributed by atoms with E-state index in [9.17, 15) is 19.8 Å². The van der Waals surface area contributed by atoms with Gasteiger partial charge in [0.1, 0.15) is 17.6 Å². The summed E-state index contributed by atoms with van der Waals surface area (Å²) in [5.41, 5.74) is 0.644. The van der Waals surface area contributed by atoms with Crippen LogP contribution in [0.15, 0.2) is 36.1 Å². The fourth-order valence-corrected chi connectivity index (χ4v) is 3.47. The molecule has 0 spiro atoms. The van der Waals surface area contributed by atoms with Crippen LogP contribution in [0.5, 0.6) is 5.75 Å². The lowest BCUT2D eigenvalue weighted by Gasteiger charge is -2.32. The molecule has 1 fully saturated rings. The van der Waals surface area contributed by atoms with Crippen LogP contribution in [0, 0.1) is 17.8 Å². The number of phenols is 1. The zero-order valence-corrected chi connectivity index (χ0v) is 12.4. The van der Waals surface area contributed by atoms with Crippen LogP contribution in [-0.4, -0.2) is 35.4 Å². The monoisotopic (exact) mass is 318 g/mol. The van der Waals surface area contributed by atoms with E-state index in [1.165, 1.54) is 18.4 Å². The normalized spacial score (nSPS) is 29.2. The molecule has 1 aliphatic carbocycles. The Morgan fingerprint density at radius 3 is 2.87 bits per heavy atom. The largest absolute Gasteiger partial charge is 0.507 e. The van der Waals surface area contributed by atoms with Gasteiger partial charge in [-0.05, 0) is 30.9 Å². The number of aldehydes is 1. The molecule has 4 unspecified atom stereocenters. The van der Waals surface area contributed by atoms with Gasteiger partial charge < -0.3 is 19.7 Å². The molecular formula is C17H18O6. The van der Waals surface area contributed by atoms with Crippen LogP contribution in [0.3, 0.4) is 0 Å². The number of aliphatic hydroxyl groups is 1. The van der Waals surface area contributed by atoms with Crippen molar-refractivity contribution in [3.63, 3.8) is 0 Å². The maximum Gasteiger partial charge on any atom is 0.341 e. The maximum absolute atomic E-state index is 12.0. The molecule has 1 heterocycles. The van der Waals surface area contributed by atoms with Gasteiger partial charge >= 0.3 is 5.97 Å². The predicted molar refractivity (Wildman–Crippen MR) is 79.3 cm³/mol. The highest BCUT2D eigenvalue weighted by Gasteiger charge is 2.45. The number of phenolic OH excluding ortho intramolecular Hbond substituents is 1. The number of allylic oxidation sites excluding steroid dienone is 1. The molecule has 2 N–H and O–H groups in total. The molecule has 6 nitrogen and oxygen atoms in total. The van der Waals surface area contributed by atoms with E-state index in [0.29, 0.717) is 5.57 Å². The van der Waals surface area contributed by atoms with E-state index in [-0.39, 0.29) is 35.7 Å². The number of hydrogen-bond acceptors (Lipinski definition) is 6. The second-order valence-electron chi connectivity index (χ2n) is 5.90. The molecule has 0 aromatic heterocycles. The van der Waals surface area contributed by atoms with Gasteiger partial charge in [0.15, 0.2) is 6.29 Å². The lowest BCUT2D eigenvalue weighted by molar-refractivity contribution is -0.130. The molecule has 1 saturated carbocycles. The summed E-state index contributed by atoms with van der Waals surface area (Å²) in [6.07, 6.45) is 2.54. The lowest BCUT2D eigenvalue weighted by atomic mass is 9.84. The van der Waals surface area contributed by atoms with E-state index in [1.54, 1.807) is 12.1 Å². The average Bonchev–Trinajstić information content (AvgIpc) is 2.98. The first kappa shape index (κ1) is 15.6. The highest BCUT2D eigenvalue weighted by atomic mass is 16.6. The van der Waals surface area contributed by atoms with E-state index < -0.39 is 12.3 Å². The first-order valence-electron chi connectivity index (χ1n) is 7.55. The van der Waals surface area contributed by atoms with Crippen molar-refractivity contribution in [1.82, 2.24) is 0 Å². The molecule has 6 heteroatoms. The minimum atomic E-state index is -1.000. The van der Waals surface area contributed by atoms with Gasteiger partial charge in [-0.2, -0.15) is 0 Å². The highest BCUT2D eigenvalue weighted by Crippen LogP contribution is 2.45. The van der Waals surface area contributed by atoms with E-state index >= 15 is 0 Å². The van der Waals surface area contributed by atoms with Crippen molar-refractivity contribution in [3.05, 3.63) is 41.7 Å². The summed E-state index contributed by atoms with van der Waals surface area (Å²) in [7, 11) is 0. The number of carbonyl (C=O) groups excluding carboxylic acids is 2. The van der Waals surface area contributed by atoms with Crippen LogP contribution in [0.2, 0.25) is 0 Å². The molecule has 0 amide bonds. The van der Waals surface area contributed by atoms with Crippen molar-refractivity contribution in [2.24, 2.45) is 17.8 Å². The van der Waals surface area contributed by atoms with Gasteiger partial charge in [-0.25, -0.2) is 4.79 Å². The van der Waals surface area contributed by atoms with Crippen LogP contribution in [0.25, 0.3) is 0 Å². The summed E-state index contributed by atoms with van der Waals surface area (Å²) >= 11 is 0. The van der Waals surface area contributed by atoms with Gasteiger partial charge in [0.2, 0.25) is 0 Å². The Bertz CT molecular complexity index is 638. The lowest BCUT2D eigenvalue weighted by Crippen LogP contribution is -2.36. The molecule has 1 aromatic rings. The molecule has 0 bridgehead atoms. The van der Waals surface area contributed by atoms with Crippen LogP contribution < -0.4 is 0 Å². The zero-order chi connectivity index (χ0) is 16.4. The Hall–Kier alpha value is -2.34. The molecule has 122 valence electrons. The Balaban J connectivity index is 1.65. The second-order valence-corrected chi connectivity index (χ2v) is 5.90. The maximum atomic E-state index is 12.0. The second kappa shape index (κ2) is 6.42. The molecule has 23 heavy (non-hydrogen) atoms. The Kier molecular flexibility index (Phi) is 4.34. The van der Waals surface area contributed by atoms with Crippen LogP contribution in [0.1, 0.15) is 23.2 Å². The van der Waals surface area contributed by atoms with Crippen LogP contribution in [0.4, 0.5) is 0 Å². The number of fused-ring (bicyclic) bond motifs is 1. The molecule has 0 saturated heterocycles. The van der Waals surface area contributed by atoms with E-state index in [4.69, 9.17) is 9.47 Å². The number of carbonyl (C=O) groups is 2. The number of rotatable bonds is 4. The number of esters is 1. The number of hydrogen-bond donors (Lipinski definition) is 2. The molecular weight excluding hydrogens is 300 g/mol. The Labute approximate surface area is 133 Å². The van der Waals surface area contributed by atoms with Gasteiger partial charge in [-0.1, -0.05) is 12.1 Å². The summed E-state index contributed by atoms with van der Waals surface area (Å²) in [6, 6.07) is 6.17. The SMILES string of the molecule is O=CC1=COC(O)C2C(COC(=O)c3ccccc3O)CCC12. The molecule has 0 radical (unpaired) electrons. The quantitative estimate of drug-likeness (QED) is 0.647. The molecule has 1 aliphatic heterocycles. The van der Waals surface area contributed by atoms with Crippen molar-refractivity contribution in [1.29, 1.82) is 0 Å². The standard InChI is InChI=1S/C17H18O6/c18-7-11-9-23-17(21)15-10(5-6-12(11)15)8-22-16(20)13-3-1-2-4-14(13)19/h1-4,7,9-10,12,15,17,19,21H,5-6,8H2. The number of para-hydroxylation sites is 1. The minimum absolute atomic E-state index is 0.0647. The van der Waals surface area contributed by atoms with Crippen molar-refractivity contribution < 1.29 is 29.3 Å². The fourth-order valence-electron chi connectivity index (χ4n) is 3.47. The number of aromatic hydroxyl groups is 1. The third-order valence-corrected chi connectivity index (χ3v) is 4.65. The smallest absolute Gasteiger partial charge is 0.341 e. The molecule has 3 rings (SSSR count). The summed E-state index contributed by atoms with van der Waals surface area (Å²) < 4.78 is 10.4. The van der Waals surface area contributed by atoms with E-state index in [2.05, 4.69) is 0 Å². The van der Waals surface area contributed by atoms with Gasteiger partial charge in [0, 0.05) is 17.4 Å². The van der Waals surface area contributed by atoms with Crippen molar-refractivity contribution in [2.75, 3.05) is 6.61 Å². The highest BCUT2D eigenvalue weighted by molar-refractivity contribution is 5.92. The van der Waals surface area contributed by atoms with E-state index in [1.807, 2.05) is 0 Å². The van der Waals surface area contributed by atoms with Crippen molar-refractivity contribution in [2.45, 2.75) is 19.1 Å². The van der Waals surface area contributed by atoms with Crippen LogP contribution >= 0.6 is 0 Å². The van der Waals surface area contributed by atoms with Crippen molar-refractivity contribution >= 4 is 12.3 Å². The number of ether oxygens (including phenoxy) is 2. The van der Waals surface area contributed by atoms with Gasteiger partial charge in [0.05, 0.1) is 12.9 Å². The third-order valence-electron chi connectivity index (χ3n) is 4.65. The summed E-state index contributed by atoms with van der Waals surface area (Å²) in [5, 5.41) is 19.7.